The van der Waals surface area contributed by atoms with E-state index >= 15 is 0 Å². The van der Waals surface area contributed by atoms with Gasteiger partial charge in [-0.15, -0.1) is 0 Å². The number of carboxylic acids is 1. The summed E-state index contributed by atoms with van der Waals surface area (Å²) in [5, 5.41) is 19.9. The first kappa shape index (κ1) is 14.8. The first-order valence-corrected chi connectivity index (χ1v) is 8.19. The summed E-state index contributed by atoms with van der Waals surface area (Å²) in [6.07, 6.45) is 7.34. The zero-order valence-electron chi connectivity index (χ0n) is 12.5. The van der Waals surface area contributed by atoms with Crippen LogP contribution in [0.1, 0.15) is 57.8 Å². The fraction of sp³-hybridized carbons (Fsp3) is 0.875. The van der Waals surface area contributed by atoms with Crippen molar-refractivity contribution >= 4 is 11.9 Å². The number of nitrogens with zero attached hydrogens (tertiary/aromatic N) is 1. The third-order valence-electron chi connectivity index (χ3n) is 5.62. The second-order valence-corrected chi connectivity index (χ2v) is 7.30. The van der Waals surface area contributed by atoms with Crippen molar-refractivity contribution in [3.05, 3.63) is 0 Å². The van der Waals surface area contributed by atoms with Gasteiger partial charge in [-0.1, -0.05) is 25.7 Å². The molecule has 0 radical (unpaired) electrons. The fourth-order valence-electron chi connectivity index (χ4n) is 3.94. The van der Waals surface area contributed by atoms with Crippen molar-refractivity contribution in [1.82, 2.24) is 4.90 Å². The van der Waals surface area contributed by atoms with E-state index in [0.29, 0.717) is 31.8 Å². The lowest BCUT2D eigenvalue weighted by Crippen LogP contribution is -2.65. The highest BCUT2D eigenvalue weighted by Gasteiger charge is 2.54. The molecule has 0 bridgehead atoms. The molecule has 1 aliphatic heterocycles. The lowest BCUT2D eigenvalue weighted by molar-refractivity contribution is -0.167. The van der Waals surface area contributed by atoms with Gasteiger partial charge in [-0.3, -0.25) is 9.59 Å². The molecule has 3 fully saturated rings. The Kier molecular flexibility index (Phi) is 3.72. The quantitative estimate of drug-likeness (QED) is 0.775. The third-order valence-corrected chi connectivity index (χ3v) is 5.62. The van der Waals surface area contributed by atoms with E-state index in [2.05, 4.69) is 0 Å². The molecule has 118 valence electrons. The number of amides is 1. The second kappa shape index (κ2) is 5.27. The average molecular weight is 295 g/mol. The number of likely N-dealkylation sites (tertiary alicyclic amines) is 1. The van der Waals surface area contributed by atoms with E-state index in [1.807, 2.05) is 0 Å². The van der Waals surface area contributed by atoms with Crippen molar-refractivity contribution < 1.29 is 19.8 Å². The van der Waals surface area contributed by atoms with Gasteiger partial charge in [-0.25, -0.2) is 0 Å². The lowest BCUT2D eigenvalue weighted by Gasteiger charge is -2.47. The topological polar surface area (TPSA) is 77.8 Å². The molecular weight excluding hydrogens is 270 g/mol. The molecule has 0 aromatic heterocycles. The molecule has 1 amide bonds. The van der Waals surface area contributed by atoms with E-state index in [1.165, 1.54) is 0 Å². The van der Waals surface area contributed by atoms with Crippen LogP contribution in [0.5, 0.6) is 0 Å². The van der Waals surface area contributed by atoms with Gasteiger partial charge in [0.15, 0.2) is 0 Å². The van der Waals surface area contributed by atoms with E-state index in [4.69, 9.17) is 0 Å². The van der Waals surface area contributed by atoms with Crippen molar-refractivity contribution in [2.45, 2.75) is 63.4 Å². The molecule has 0 unspecified atom stereocenters. The smallest absolute Gasteiger partial charge is 0.310 e. The highest BCUT2D eigenvalue weighted by atomic mass is 16.4. The summed E-state index contributed by atoms with van der Waals surface area (Å²) in [6.45, 7) is 0.790. The van der Waals surface area contributed by atoms with Crippen molar-refractivity contribution in [2.75, 3.05) is 13.1 Å². The minimum absolute atomic E-state index is 0.0929. The summed E-state index contributed by atoms with van der Waals surface area (Å²) in [4.78, 5) is 25.8. The van der Waals surface area contributed by atoms with Gasteiger partial charge < -0.3 is 15.1 Å². The molecular formula is C16H25NO4. The molecule has 1 saturated heterocycles. The maximum Gasteiger partial charge on any atom is 0.310 e. The van der Waals surface area contributed by atoms with Crippen LogP contribution in [0.3, 0.4) is 0 Å². The van der Waals surface area contributed by atoms with Crippen LogP contribution in [0.15, 0.2) is 0 Å². The van der Waals surface area contributed by atoms with E-state index in [-0.39, 0.29) is 12.3 Å². The highest BCUT2D eigenvalue weighted by Crippen LogP contribution is 2.45. The van der Waals surface area contributed by atoms with Gasteiger partial charge in [0.25, 0.3) is 0 Å². The monoisotopic (exact) mass is 295 g/mol. The number of aliphatic hydroxyl groups is 1. The Balaban J connectivity index is 1.60. The summed E-state index contributed by atoms with van der Waals surface area (Å²) in [7, 11) is 0. The summed E-state index contributed by atoms with van der Waals surface area (Å²) in [5.74, 6) is -0.562. The molecule has 2 saturated carbocycles. The van der Waals surface area contributed by atoms with Gasteiger partial charge in [0.1, 0.15) is 5.60 Å². The molecule has 2 N–H and O–H groups in total. The van der Waals surface area contributed by atoms with Crippen molar-refractivity contribution in [2.24, 2.45) is 11.3 Å². The van der Waals surface area contributed by atoms with Crippen LogP contribution in [0.2, 0.25) is 0 Å². The SMILES string of the molecule is O=C(CC1(C(=O)O)CCCCCC1)N1CC(O)(C2CC2)C1. The summed E-state index contributed by atoms with van der Waals surface area (Å²) in [5.41, 5.74) is -1.56. The molecule has 1 heterocycles. The molecule has 0 aromatic carbocycles. The zero-order chi connectivity index (χ0) is 15.1. The fourth-order valence-corrected chi connectivity index (χ4v) is 3.94. The number of rotatable bonds is 4. The molecule has 5 nitrogen and oxygen atoms in total. The van der Waals surface area contributed by atoms with Crippen LogP contribution < -0.4 is 0 Å². The summed E-state index contributed by atoms with van der Waals surface area (Å²) >= 11 is 0. The number of carbonyl (C=O) groups excluding carboxylic acids is 1. The van der Waals surface area contributed by atoms with Crippen LogP contribution >= 0.6 is 0 Å². The molecule has 0 atom stereocenters. The zero-order valence-corrected chi connectivity index (χ0v) is 12.5. The van der Waals surface area contributed by atoms with E-state index < -0.39 is 17.0 Å². The number of hydrogen-bond acceptors (Lipinski definition) is 3. The standard InChI is InChI=1S/C16H25NO4/c18-13(17-10-16(21,11-17)12-5-6-12)9-15(14(19)20)7-3-1-2-4-8-15/h12,21H,1-11H2,(H,19,20). The maximum absolute atomic E-state index is 12.4. The van der Waals surface area contributed by atoms with E-state index in [1.54, 1.807) is 4.90 Å². The average Bonchev–Trinajstić information content (AvgIpc) is 3.22. The Morgan fingerprint density at radius 2 is 1.62 bits per heavy atom. The molecule has 0 aromatic rings. The molecule has 0 spiro atoms. The Hall–Kier alpha value is -1.10. The highest BCUT2D eigenvalue weighted by molar-refractivity contribution is 5.85. The molecule has 5 heteroatoms. The largest absolute Gasteiger partial charge is 0.481 e. The van der Waals surface area contributed by atoms with E-state index in [0.717, 1.165) is 38.5 Å². The van der Waals surface area contributed by atoms with Crippen LogP contribution in [0.25, 0.3) is 0 Å². The first-order valence-electron chi connectivity index (χ1n) is 8.19. The molecule has 2 aliphatic carbocycles. The first-order chi connectivity index (χ1) is 9.95. The molecule has 21 heavy (non-hydrogen) atoms. The maximum atomic E-state index is 12.4. The predicted octanol–water partition coefficient (Wildman–Crippen LogP) is 1.78. The molecule has 3 aliphatic rings. The number of β-amino-alcohol motifs (C(OH)–C–C–N with tert-alkyl or cyclic N) is 1. The predicted molar refractivity (Wildman–Crippen MR) is 76.6 cm³/mol. The van der Waals surface area contributed by atoms with Gasteiger partial charge >= 0.3 is 5.97 Å². The molecule has 3 rings (SSSR count). The number of carboxylic acid groups (broad SMARTS) is 1. The van der Waals surface area contributed by atoms with Crippen molar-refractivity contribution in [1.29, 1.82) is 0 Å². The van der Waals surface area contributed by atoms with E-state index in [9.17, 15) is 19.8 Å². The number of hydrogen-bond donors (Lipinski definition) is 2. The number of carbonyl (C=O) groups is 2. The Morgan fingerprint density at radius 1 is 1.05 bits per heavy atom. The van der Waals surface area contributed by atoms with Crippen LogP contribution in [0.4, 0.5) is 0 Å². The normalized spacial score (nSPS) is 27.6. The van der Waals surface area contributed by atoms with Gasteiger partial charge in [0, 0.05) is 6.42 Å². The van der Waals surface area contributed by atoms with Crippen molar-refractivity contribution in [3.8, 4) is 0 Å². The van der Waals surface area contributed by atoms with Gasteiger partial charge in [-0.2, -0.15) is 0 Å². The van der Waals surface area contributed by atoms with Crippen LogP contribution in [-0.4, -0.2) is 45.7 Å². The number of aliphatic carboxylic acids is 1. The Bertz CT molecular complexity index is 430. The van der Waals surface area contributed by atoms with Crippen LogP contribution in [-0.2, 0) is 9.59 Å². The van der Waals surface area contributed by atoms with Gasteiger partial charge in [0.2, 0.25) is 5.91 Å². The van der Waals surface area contributed by atoms with Crippen molar-refractivity contribution in [3.63, 3.8) is 0 Å². The summed E-state index contributed by atoms with van der Waals surface area (Å²) < 4.78 is 0. The van der Waals surface area contributed by atoms with Crippen LogP contribution in [0, 0.1) is 11.3 Å². The Labute approximate surface area is 125 Å². The minimum Gasteiger partial charge on any atom is -0.481 e. The second-order valence-electron chi connectivity index (χ2n) is 7.30. The Morgan fingerprint density at radius 3 is 2.10 bits per heavy atom. The van der Waals surface area contributed by atoms with Gasteiger partial charge in [-0.05, 0) is 31.6 Å². The minimum atomic E-state index is -0.874. The summed E-state index contributed by atoms with van der Waals surface area (Å²) in [6, 6.07) is 0. The van der Waals surface area contributed by atoms with Gasteiger partial charge in [0.05, 0.1) is 18.5 Å². The third kappa shape index (κ3) is 2.80. The lowest BCUT2D eigenvalue weighted by atomic mass is 9.76.